The van der Waals surface area contributed by atoms with Crippen LogP contribution in [0.25, 0.3) is 0 Å². The highest BCUT2D eigenvalue weighted by atomic mass is 16.5. The lowest BCUT2D eigenvalue weighted by Gasteiger charge is -2.26. The molecule has 0 radical (unpaired) electrons. The van der Waals surface area contributed by atoms with Crippen molar-refractivity contribution in [2.45, 2.75) is 51.7 Å². The largest absolute Gasteiger partial charge is 0.395 e. The first kappa shape index (κ1) is 12.9. The van der Waals surface area contributed by atoms with Gasteiger partial charge in [-0.1, -0.05) is 13.8 Å². The van der Waals surface area contributed by atoms with Crippen molar-refractivity contribution in [1.82, 2.24) is 5.32 Å². The molecule has 3 heteroatoms. The first-order chi connectivity index (χ1) is 7.22. The van der Waals surface area contributed by atoms with Gasteiger partial charge in [-0.15, -0.1) is 0 Å². The monoisotopic (exact) mass is 215 g/mol. The van der Waals surface area contributed by atoms with Gasteiger partial charge in [-0.25, -0.2) is 0 Å². The molecule has 0 amide bonds. The lowest BCUT2D eigenvalue weighted by Crippen LogP contribution is -2.40. The number of aliphatic hydroxyl groups is 1. The average Bonchev–Trinajstić information content (AvgIpc) is 2.25. The molecule has 2 atom stereocenters. The van der Waals surface area contributed by atoms with E-state index >= 15 is 0 Å². The molecule has 2 N–H and O–H groups in total. The zero-order chi connectivity index (χ0) is 11.1. The fourth-order valence-electron chi connectivity index (χ4n) is 2.06. The van der Waals surface area contributed by atoms with Gasteiger partial charge in [-0.05, 0) is 31.6 Å². The molecule has 3 nitrogen and oxygen atoms in total. The minimum absolute atomic E-state index is 0.227. The molecule has 1 saturated heterocycles. The molecule has 1 aliphatic rings. The van der Waals surface area contributed by atoms with Gasteiger partial charge in [-0.2, -0.15) is 0 Å². The van der Waals surface area contributed by atoms with Crippen molar-refractivity contribution >= 4 is 0 Å². The Morgan fingerprint density at radius 3 is 2.73 bits per heavy atom. The van der Waals surface area contributed by atoms with Gasteiger partial charge in [0.2, 0.25) is 0 Å². The van der Waals surface area contributed by atoms with Gasteiger partial charge in [0, 0.05) is 19.2 Å². The van der Waals surface area contributed by atoms with Crippen LogP contribution in [0.15, 0.2) is 0 Å². The van der Waals surface area contributed by atoms with E-state index in [1.807, 2.05) is 0 Å². The van der Waals surface area contributed by atoms with Crippen molar-refractivity contribution in [2.75, 3.05) is 19.8 Å². The fraction of sp³-hybridized carbons (Fsp3) is 1.00. The number of nitrogens with one attached hydrogen (secondary N) is 1. The number of rotatable bonds is 6. The summed E-state index contributed by atoms with van der Waals surface area (Å²) in [5.41, 5.74) is 0. The Balaban J connectivity index is 2.14. The molecule has 0 spiro atoms. The predicted octanol–water partition coefficient (Wildman–Crippen LogP) is 1.55. The van der Waals surface area contributed by atoms with Crippen LogP contribution in [-0.2, 0) is 4.74 Å². The third kappa shape index (κ3) is 5.50. The summed E-state index contributed by atoms with van der Waals surface area (Å²) in [4.78, 5) is 0. The van der Waals surface area contributed by atoms with Crippen molar-refractivity contribution in [3.05, 3.63) is 0 Å². The summed E-state index contributed by atoms with van der Waals surface area (Å²) in [6.07, 6.45) is 5.03. The van der Waals surface area contributed by atoms with Gasteiger partial charge in [-0.3, -0.25) is 0 Å². The Morgan fingerprint density at radius 2 is 2.20 bits per heavy atom. The topological polar surface area (TPSA) is 41.5 Å². The Bertz CT molecular complexity index is 156. The molecular formula is C12H25NO2. The fourth-order valence-corrected chi connectivity index (χ4v) is 2.06. The van der Waals surface area contributed by atoms with Gasteiger partial charge in [0.05, 0.1) is 12.7 Å². The first-order valence-corrected chi connectivity index (χ1v) is 6.18. The van der Waals surface area contributed by atoms with E-state index < -0.39 is 0 Å². The van der Waals surface area contributed by atoms with E-state index in [0.717, 1.165) is 26.0 Å². The quantitative estimate of drug-likeness (QED) is 0.706. The minimum atomic E-state index is 0.227. The van der Waals surface area contributed by atoms with Crippen molar-refractivity contribution in [1.29, 1.82) is 0 Å². The predicted molar refractivity (Wildman–Crippen MR) is 61.9 cm³/mol. The SMILES string of the molecule is CC(C)CC(CO)NCC1CCCCO1. The van der Waals surface area contributed by atoms with Gasteiger partial charge in [0.1, 0.15) is 0 Å². The van der Waals surface area contributed by atoms with Gasteiger partial charge >= 0.3 is 0 Å². The summed E-state index contributed by atoms with van der Waals surface area (Å²) in [5.74, 6) is 0.627. The molecule has 15 heavy (non-hydrogen) atoms. The Labute approximate surface area is 93.2 Å². The van der Waals surface area contributed by atoms with Crippen LogP contribution in [0.4, 0.5) is 0 Å². The standard InChI is InChI=1S/C12H25NO2/c1-10(2)7-11(9-14)13-8-12-5-3-4-6-15-12/h10-14H,3-9H2,1-2H3. The average molecular weight is 215 g/mol. The van der Waals surface area contributed by atoms with E-state index in [2.05, 4.69) is 19.2 Å². The lowest BCUT2D eigenvalue weighted by atomic mass is 10.0. The highest BCUT2D eigenvalue weighted by molar-refractivity contribution is 4.72. The smallest absolute Gasteiger partial charge is 0.0699 e. The molecule has 0 aromatic carbocycles. The molecule has 1 heterocycles. The van der Waals surface area contributed by atoms with E-state index in [1.165, 1.54) is 12.8 Å². The number of ether oxygens (including phenoxy) is 1. The molecule has 1 aliphatic heterocycles. The van der Waals surface area contributed by atoms with Crippen LogP contribution in [0, 0.1) is 5.92 Å². The zero-order valence-corrected chi connectivity index (χ0v) is 10.0. The minimum Gasteiger partial charge on any atom is -0.395 e. The molecule has 0 saturated carbocycles. The number of hydrogen-bond acceptors (Lipinski definition) is 3. The van der Waals surface area contributed by atoms with Crippen molar-refractivity contribution in [3.8, 4) is 0 Å². The second-order valence-electron chi connectivity index (χ2n) is 4.91. The maximum Gasteiger partial charge on any atom is 0.0699 e. The van der Waals surface area contributed by atoms with E-state index in [0.29, 0.717) is 12.0 Å². The summed E-state index contributed by atoms with van der Waals surface area (Å²) in [6, 6.07) is 0.232. The summed E-state index contributed by atoms with van der Waals surface area (Å²) >= 11 is 0. The zero-order valence-electron chi connectivity index (χ0n) is 10.0. The summed E-state index contributed by atoms with van der Waals surface area (Å²) in [6.45, 7) is 6.38. The van der Waals surface area contributed by atoms with Crippen LogP contribution in [-0.4, -0.2) is 37.0 Å². The first-order valence-electron chi connectivity index (χ1n) is 6.18. The second kappa shape index (κ2) is 7.20. The van der Waals surface area contributed by atoms with E-state index in [4.69, 9.17) is 4.74 Å². The van der Waals surface area contributed by atoms with Crippen molar-refractivity contribution in [2.24, 2.45) is 5.92 Å². The molecular weight excluding hydrogens is 190 g/mol. The summed E-state index contributed by atoms with van der Waals surface area (Å²) in [7, 11) is 0. The molecule has 2 unspecified atom stereocenters. The van der Waals surface area contributed by atoms with Crippen LogP contribution in [0.1, 0.15) is 39.5 Å². The highest BCUT2D eigenvalue weighted by Crippen LogP contribution is 2.12. The molecule has 1 rings (SSSR count). The van der Waals surface area contributed by atoms with E-state index in [9.17, 15) is 5.11 Å². The van der Waals surface area contributed by atoms with Crippen LogP contribution in [0.5, 0.6) is 0 Å². The second-order valence-corrected chi connectivity index (χ2v) is 4.91. The maximum atomic E-state index is 9.20. The van der Waals surface area contributed by atoms with Gasteiger partial charge in [0.25, 0.3) is 0 Å². The maximum absolute atomic E-state index is 9.20. The summed E-state index contributed by atoms with van der Waals surface area (Å²) in [5, 5.41) is 12.6. The van der Waals surface area contributed by atoms with Gasteiger partial charge in [0.15, 0.2) is 0 Å². The molecule has 0 bridgehead atoms. The normalized spacial score (nSPS) is 24.4. The molecule has 90 valence electrons. The molecule has 0 aromatic heterocycles. The summed E-state index contributed by atoms with van der Waals surface area (Å²) < 4.78 is 5.63. The Morgan fingerprint density at radius 1 is 1.40 bits per heavy atom. The number of hydrogen-bond donors (Lipinski definition) is 2. The Hall–Kier alpha value is -0.120. The van der Waals surface area contributed by atoms with Crippen LogP contribution < -0.4 is 5.32 Å². The third-order valence-corrected chi connectivity index (χ3v) is 2.88. The highest BCUT2D eigenvalue weighted by Gasteiger charge is 2.16. The third-order valence-electron chi connectivity index (χ3n) is 2.88. The van der Waals surface area contributed by atoms with Crippen molar-refractivity contribution in [3.63, 3.8) is 0 Å². The Kier molecular flexibility index (Phi) is 6.22. The van der Waals surface area contributed by atoms with E-state index in [1.54, 1.807) is 0 Å². The van der Waals surface area contributed by atoms with Gasteiger partial charge < -0.3 is 15.2 Å². The number of aliphatic hydroxyl groups excluding tert-OH is 1. The lowest BCUT2D eigenvalue weighted by molar-refractivity contribution is 0.0137. The van der Waals surface area contributed by atoms with E-state index in [-0.39, 0.29) is 12.6 Å². The van der Waals surface area contributed by atoms with Crippen LogP contribution in [0.3, 0.4) is 0 Å². The van der Waals surface area contributed by atoms with Crippen LogP contribution in [0.2, 0.25) is 0 Å². The van der Waals surface area contributed by atoms with Crippen LogP contribution >= 0.6 is 0 Å². The van der Waals surface area contributed by atoms with Crippen molar-refractivity contribution < 1.29 is 9.84 Å². The molecule has 1 fully saturated rings. The molecule has 0 aromatic rings. The molecule has 0 aliphatic carbocycles.